The van der Waals surface area contributed by atoms with Crippen LogP contribution in [0.3, 0.4) is 0 Å². The van der Waals surface area contributed by atoms with Crippen molar-refractivity contribution in [2.45, 2.75) is 44.9 Å². The van der Waals surface area contributed by atoms with Crippen molar-refractivity contribution in [2.75, 3.05) is 39.6 Å². The molecule has 1 aromatic rings. The number of nitrogens with one attached hydrogen (secondary N) is 1. The van der Waals surface area contributed by atoms with Crippen LogP contribution in [0.2, 0.25) is 0 Å². The lowest BCUT2D eigenvalue weighted by Gasteiger charge is -2.32. The van der Waals surface area contributed by atoms with E-state index in [1.165, 1.54) is 12.1 Å². The van der Waals surface area contributed by atoms with E-state index in [1.54, 1.807) is 5.48 Å². The maximum absolute atomic E-state index is 14.4. The molecular weight excluding hydrogens is 474 g/mol. The fourth-order valence-electron chi connectivity index (χ4n) is 4.19. The van der Waals surface area contributed by atoms with Crippen LogP contribution in [0.4, 0.5) is 17.6 Å². The van der Waals surface area contributed by atoms with E-state index in [0.29, 0.717) is 32.5 Å². The zero-order valence-corrected chi connectivity index (χ0v) is 19.5. The van der Waals surface area contributed by atoms with Crippen molar-refractivity contribution in [2.24, 2.45) is 16.8 Å². The van der Waals surface area contributed by atoms with Gasteiger partial charge in [0.1, 0.15) is 18.3 Å². The monoisotopic (exact) mass is 505 g/mol. The molecule has 2 aliphatic rings. The quantitative estimate of drug-likeness (QED) is 0.184. The van der Waals surface area contributed by atoms with Crippen LogP contribution in [0.25, 0.3) is 0 Å². The number of amidine groups is 1. The van der Waals surface area contributed by atoms with E-state index < -0.39 is 18.6 Å². The average Bonchev–Trinajstić information content (AvgIpc) is 2.83. The second-order valence-corrected chi connectivity index (χ2v) is 8.87. The van der Waals surface area contributed by atoms with Gasteiger partial charge in [0.05, 0.1) is 17.6 Å². The molecule has 0 radical (unpaired) electrons. The number of likely N-dealkylation sites (tertiary alicyclic amines) is 1. The van der Waals surface area contributed by atoms with Gasteiger partial charge in [0.15, 0.2) is 12.4 Å². The molecule has 12 heteroatoms. The maximum Gasteiger partial charge on any atom is 0.422 e. The Balaban J connectivity index is 1.50. The molecule has 0 amide bonds. The predicted octanol–water partition coefficient (Wildman–Crippen LogP) is 3.52. The Morgan fingerprint density at radius 1 is 1.29 bits per heavy atom. The topological polar surface area (TPSA) is 92.6 Å². The van der Waals surface area contributed by atoms with Gasteiger partial charge in [-0.05, 0) is 50.7 Å². The standard InChI is InChI=1S/C23H31F4N3O5/c1-15-11-17(7-10-33-15)22(31)35-14-30-8-5-16(6-9-30)12-28-21(29-32)20-18(24)3-2-4-19(20)34-13-23(25,26)27/h2-4,15-17,32H,5-14H2,1H3,(H,28,29). The third-order valence-corrected chi connectivity index (χ3v) is 6.13. The average molecular weight is 506 g/mol. The van der Waals surface area contributed by atoms with Gasteiger partial charge in [-0.25, -0.2) is 4.39 Å². The number of esters is 1. The van der Waals surface area contributed by atoms with Crippen LogP contribution in [0.15, 0.2) is 23.2 Å². The molecule has 196 valence electrons. The Morgan fingerprint density at radius 3 is 2.69 bits per heavy atom. The number of ether oxygens (including phenoxy) is 3. The first-order valence-electron chi connectivity index (χ1n) is 11.6. The summed E-state index contributed by atoms with van der Waals surface area (Å²) in [5.41, 5.74) is 1.41. The summed E-state index contributed by atoms with van der Waals surface area (Å²) in [6.07, 6.45) is -1.78. The second kappa shape index (κ2) is 12.5. The zero-order valence-electron chi connectivity index (χ0n) is 19.5. The predicted molar refractivity (Wildman–Crippen MR) is 118 cm³/mol. The van der Waals surface area contributed by atoms with E-state index in [-0.39, 0.29) is 54.3 Å². The Kier molecular flexibility index (Phi) is 9.70. The number of benzene rings is 1. The zero-order chi connectivity index (χ0) is 25.4. The van der Waals surface area contributed by atoms with Crippen LogP contribution in [0.5, 0.6) is 5.75 Å². The highest BCUT2D eigenvalue weighted by atomic mass is 19.4. The summed E-state index contributed by atoms with van der Waals surface area (Å²) in [5, 5.41) is 9.48. The summed E-state index contributed by atoms with van der Waals surface area (Å²) in [7, 11) is 0. The molecule has 2 N–H and O–H groups in total. The fraction of sp³-hybridized carbons (Fsp3) is 0.652. The molecule has 2 aliphatic heterocycles. The molecule has 0 bridgehead atoms. The van der Waals surface area contributed by atoms with Gasteiger partial charge in [0, 0.05) is 26.2 Å². The molecule has 8 nitrogen and oxygen atoms in total. The molecule has 2 fully saturated rings. The number of carbonyl (C=O) groups is 1. The minimum atomic E-state index is -4.60. The first kappa shape index (κ1) is 27.2. The number of carbonyl (C=O) groups excluding carboxylic acids is 1. The van der Waals surface area contributed by atoms with Gasteiger partial charge in [-0.3, -0.25) is 25.4 Å². The smallest absolute Gasteiger partial charge is 0.422 e. The molecule has 0 aliphatic carbocycles. The van der Waals surface area contributed by atoms with Crippen molar-refractivity contribution < 1.29 is 41.8 Å². The minimum Gasteiger partial charge on any atom is -0.483 e. The Labute approximate surface area is 201 Å². The molecule has 3 rings (SSSR count). The summed E-state index contributed by atoms with van der Waals surface area (Å²) in [4.78, 5) is 18.5. The fourth-order valence-corrected chi connectivity index (χ4v) is 4.19. The maximum atomic E-state index is 14.4. The van der Waals surface area contributed by atoms with E-state index in [2.05, 4.69) is 4.99 Å². The Hall–Kier alpha value is -2.44. The number of halogens is 4. The van der Waals surface area contributed by atoms with Crippen LogP contribution >= 0.6 is 0 Å². The highest BCUT2D eigenvalue weighted by Gasteiger charge is 2.30. The van der Waals surface area contributed by atoms with Gasteiger partial charge in [-0.15, -0.1) is 0 Å². The third-order valence-electron chi connectivity index (χ3n) is 6.13. The van der Waals surface area contributed by atoms with Crippen LogP contribution in [0, 0.1) is 17.7 Å². The van der Waals surface area contributed by atoms with Crippen LogP contribution in [-0.2, 0) is 14.3 Å². The van der Waals surface area contributed by atoms with E-state index in [0.717, 1.165) is 18.9 Å². The summed E-state index contributed by atoms with van der Waals surface area (Å²) >= 11 is 0. The highest BCUT2D eigenvalue weighted by Crippen LogP contribution is 2.26. The number of hydrogen-bond acceptors (Lipinski definition) is 7. The number of piperidine rings is 1. The number of aliphatic imine (C=N–C) groups is 1. The lowest BCUT2D eigenvalue weighted by atomic mass is 9.96. The van der Waals surface area contributed by atoms with Crippen LogP contribution < -0.4 is 10.2 Å². The van der Waals surface area contributed by atoms with Crippen molar-refractivity contribution in [3.8, 4) is 5.75 Å². The molecule has 0 saturated carbocycles. The molecule has 2 atom stereocenters. The summed E-state index contributed by atoms with van der Waals surface area (Å²) < 4.78 is 67.6. The van der Waals surface area contributed by atoms with Crippen LogP contribution in [0.1, 0.15) is 38.2 Å². The van der Waals surface area contributed by atoms with Gasteiger partial charge >= 0.3 is 12.1 Å². The molecular formula is C23H31F4N3O5. The summed E-state index contributed by atoms with van der Waals surface area (Å²) in [6, 6.07) is 3.44. The van der Waals surface area contributed by atoms with E-state index >= 15 is 0 Å². The number of nitrogens with zero attached hydrogens (tertiary/aromatic N) is 2. The first-order chi connectivity index (χ1) is 16.7. The van der Waals surface area contributed by atoms with Crippen molar-refractivity contribution in [1.82, 2.24) is 10.4 Å². The van der Waals surface area contributed by atoms with E-state index in [4.69, 9.17) is 14.2 Å². The lowest BCUT2D eigenvalue weighted by molar-refractivity contribution is -0.159. The summed E-state index contributed by atoms with van der Waals surface area (Å²) in [6.45, 7) is 2.66. The van der Waals surface area contributed by atoms with Crippen LogP contribution in [-0.4, -0.2) is 73.8 Å². The number of rotatable bonds is 8. The van der Waals surface area contributed by atoms with Gasteiger partial charge in [-0.1, -0.05) is 6.07 Å². The van der Waals surface area contributed by atoms with Gasteiger partial charge in [0.25, 0.3) is 0 Å². The number of hydroxylamine groups is 1. The third kappa shape index (κ3) is 8.32. The molecule has 1 aromatic carbocycles. The van der Waals surface area contributed by atoms with Gasteiger partial charge in [0.2, 0.25) is 0 Å². The molecule has 0 aromatic heterocycles. The molecule has 2 heterocycles. The first-order valence-corrected chi connectivity index (χ1v) is 11.6. The van der Waals surface area contributed by atoms with Crippen molar-refractivity contribution in [3.05, 3.63) is 29.6 Å². The Morgan fingerprint density at radius 2 is 2.03 bits per heavy atom. The Bertz CT molecular complexity index is 875. The van der Waals surface area contributed by atoms with Gasteiger partial charge in [-0.2, -0.15) is 13.2 Å². The highest BCUT2D eigenvalue weighted by molar-refractivity contribution is 6.00. The lowest BCUT2D eigenvalue weighted by Crippen LogP contribution is -2.38. The van der Waals surface area contributed by atoms with Gasteiger partial charge < -0.3 is 14.2 Å². The molecule has 35 heavy (non-hydrogen) atoms. The normalized spacial score (nSPS) is 22.6. The van der Waals surface area contributed by atoms with E-state index in [1.807, 2.05) is 11.8 Å². The summed E-state index contributed by atoms with van der Waals surface area (Å²) in [5.74, 6) is -1.80. The van der Waals surface area contributed by atoms with Crippen molar-refractivity contribution in [3.63, 3.8) is 0 Å². The van der Waals surface area contributed by atoms with Crippen molar-refractivity contribution in [1.29, 1.82) is 0 Å². The molecule has 2 saturated heterocycles. The van der Waals surface area contributed by atoms with Crippen molar-refractivity contribution >= 4 is 11.8 Å². The number of hydrogen-bond donors (Lipinski definition) is 2. The SMILES string of the molecule is CC1CC(C(=O)OCN2CCC(CN=C(NO)c3c(F)cccc3OCC(F)(F)F)CC2)CCO1. The number of alkyl halides is 3. The largest absolute Gasteiger partial charge is 0.483 e. The second-order valence-electron chi connectivity index (χ2n) is 8.87. The van der Waals surface area contributed by atoms with E-state index in [9.17, 15) is 27.6 Å². The molecule has 0 spiro atoms. The minimum absolute atomic E-state index is 0.0487. The molecule has 2 unspecified atom stereocenters.